The molecule has 2 aromatic carbocycles. The van der Waals surface area contributed by atoms with Gasteiger partial charge in [-0.05, 0) is 67.8 Å². The van der Waals surface area contributed by atoms with Crippen molar-refractivity contribution in [3.05, 3.63) is 60.2 Å². The van der Waals surface area contributed by atoms with Gasteiger partial charge < -0.3 is 10.0 Å². The zero-order valence-electron chi connectivity index (χ0n) is 17.2. The van der Waals surface area contributed by atoms with Crippen molar-refractivity contribution in [1.82, 2.24) is 4.90 Å². The first-order chi connectivity index (χ1) is 13.8. The zero-order valence-corrected chi connectivity index (χ0v) is 17.2. The summed E-state index contributed by atoms with van der Waals surface area (Å²) in [5.41, 5.74) is 2.90. The van der Waals surface area contributed by atoms with Gasteiger partial charge in [-0.2, -0.15) is 0 Å². The molecule has 0 radical (unpaired) electrons. The van der Waals surface area contributed by atoms with Gasteiger partial charge in [0.15, 0.2) is 0 Å². The number of hydrogen-bond acceptors (Lipinski definition) is 2. The molecular weight excluding hydrogens is 342 g/mol. The van der Waals surface area contributed by atoms with Crippen LogP contribution in [0.5, 0.6) is 0 Å². The van der Waals surface area contributed by atoms with Crippen molar-refractivity contribution in [2.24, 2.45) is 5.92 Å². The standard InChI is InChI=1S/C26H35NO/c28-26(24-12-6-2-7-13-24,18-21-27-19-8-3-9-20-27)25-16-14-23(15-17-25)22-10-4-1-5-11-22/h1,4-5,10-11,14-17,24,28H,2-3,6-9,12-13,18-21H2. The first-order valence-corrected chi connectivity index (χ1v) is 11.4. The van der Waals surface area contributed by atoms with Crippen LogP contribution in [0.4, 0.5) is 0 Å². The Morgan fingerprint density at radius 3 is 2.04 bits per heavy atom. The first kappa shape index (κ1) is 19.7. The normalized spacial score (nSPS) is 21.3. The molecule has 1 saturated carbocycles. The van der Waals surface area contributed by atoms with Crippen LogP contribution in [0.15, 0.2) is 54.6 Å². The minimum atomic E-state index is -0.687. The summed E-state index contributed by atoms with van der Waals surface area (Å²) in [5.74, 6) is 0.397. The Bertz CT molecular complexity index is 714. The molecule has 2 aromatic rings. The molecule has 1 saturated heterocycles. The lowest BCUT2D eigenvalue weighted by Gasteiger charge is -2.41. The Labute approximate surface area is 170 Å². The number of nitrogens with zero attached hydrogens (tertiary/aromatic N) is 1. The van der Waals surface area contributed by atoms with Gasteiger partial charge in [-0.15, -0.1) is 0 Å². The molecular formula is C26H35NO. The fraction of sp³-hybridized carbons (Fsp3) is 0.538. The van der Waals surface area contributed by atoms with E-state index in [1.807, 2.05) is 0 Å². The molecule has 0 bridgehead atoms. The molecule has 2 nitrogen and oxygen atoms in total. The van der Waals surface area contributed by atoms with E-state index in [4.69, 9.17) is 0 Å². The Morgan fingerprint density at radius 1 is 0.750 bits per heavy atom. The number of rotatable bonds is 6. The average molecular weight is 378 g/mol. The van der Waals surface area contributed by atoms with E-state index in [0.717, 1.165) is 31.4 Å². The third kappa shape index (κ3) is 4.50. The van der Waals surface area contributed by atoms with E-state index >= 15 is 0 Å². The van der Waals surface area contributed by atoms with Gasteiger partial charge in [0.2, 0.25) is 0 Å². The SMILES string of the molecule is OC(CCN1CCCCC1)(c1ccc(-c2ccccc2)cc1)C1CCCCC1. The van der Waals surface area contributed by atoms with Gasteiger partial charge in [-0.1, -0.05) is 80.3 Å². The van der Waals surface area contributed by atoms with Crippen molar-refractivity contribution in [2.45, 2.75) is 63.4 Å². The van der Waals surface area contributed by atoms with Crippen molar-refractivity contribution in [1.29, 1.82) is 0 Å². The number of aliphatic hydroxyl groups is 1. The van der Waals surface area contributed by atoms with Crippen molar-refractivity contribution in [2.75, 3.05) is 19.6 Å². The lowest BCUT2D eigenvalue weighted by atomic mass is 9.71. The molecule has 28 heavy (non-hydrogen) atoms. The van der Waals surface area contributed by atoms with Gasteiger partial charge in [-0.25, -0.2) is 0 Å². The smallest absolute Gasteiger partial charge is 0.0936 e. The Balaban J connectivity index is 1.55. The lowest BCUT2D eigenvalue weighted by molar-refractivity contribution is -0.0528. The Kier molecular flexibility index (Phi) is 6.49. The number of benzene rings is 2. The summed E-state index contributed by atoms with van der Waals surface area (Å²) in [4.78, 5) is 2.57. The van der Waals surface area contributed by atoms with E-state index in [0.29, 0.717) is 5.92 Å². The molecule has 1 unspecified atom stereocenters. The highest BCUT2D eigenvalue weighted by atomic mass is 16.3. The van der Waals surface area contributed by atoms with Gasteiger partial charge in [0.05, 0.1) is 5.60 Å². The highest BCUT2D eigenvalue weighted by Crippen LogP contribution is 2.42. The van der Waals surface area contributed by atoms with Gasteiger partial charge in [0, 0.05) is 6.54 Å². The maximum atomic E-state index is 12.0. The van der Waals surface area contributed by atoms with Crippen molar-refractivity contribution < 1.29 is 5.11 Å². The summed E-state index contributed by atoms with van der Waals surface area (Å²) >= 11 is 0. The van der Waals surface area contributed by atoms with Crippen LogP contribution in [0, 0.1) is 5.92 Å². The predicted molar refractivity (Wildman–Crippen MR) is 117 cm³/mol. The first-order valence-electron chi connectivity index (χ1n) is 11.4. The van der Waals surface area contributed by atoms with Crippen LogP contribution in [-0.4, -0.2) is 29.6 Å². The summed E-state index contributed by atoms with van der Waals surface area (Å²) in [5, 5.41) is 12.0. The number of likely N-dealkylation sites (tertiary alicyclic amines) is 1. The lowest BCUT2D eigenvalue weighted by Crippen LogP contribution is -2.41. The van der Waals surface area contributed by atoms with E-state index in [1.165, 1.54) is 62.7 Å². The van der Waals surface area contributed by atoms with Gasteiger partial charge >= 0.3 is 0 Å². The number of piperidine rings is 1. The largest absolute Gasteiger partial charge is 0.385 e. The molecule has 0 spiro atoms. The van der Waals surface area contributed by atoms with Crippen LogP contribution in [0.3, 0.4) is 0 Å². The molecule has 1 heterocycles. The Hall–Kier alpha value is -1.64. The highest BCUT2D eigenvalue weighted by molar-refractivity contribution is 5.63. The van der Waals surface area contributed by atoms with Crippen LogP contribution in [0.25, 0.3) is 11.1 Å². The molecule has 2 fully saturated rings. The molecule has 1 atom stereocenters. The van der Waals surface area contributed by atoms with E-state index in [-0.39, 0.29) is 0 Å². The van der Waals surface area contributed by atoms with Gasteiger partial charge in [0.25, 0.3) is 0 Å². The highest BCUT2D eigenvalue weighted by Gasteiger charge is 2.39. The molecule has 1 aliphatic carbocycles. The summed E-state index contributed by atoms with van der Waals surface area (Å²) in [6.07, 6.45) is 11.0. The molecule has 1 aliphatic heterocycles. The second-order valence-electron chi connectivity index (χ2n) is 8.85. The molecule has 0 aromatic heterocycles. The van der Waals surface area contributed by atoms with Gasteiger partial charge in [-0.3, -0.25) is 0 Å². The topological polar surface area (TPSA) is 23.5 Å². The second kappa shape index (κ2) is 9.24. The average Bonchev–Trinajstić information content (AvgIpc) is 2.79. The molecule has 150 valence electrons. The summed E-state index contributed by atoms with van der Waals surface area (Å²) in [7, 11) is 0. The van der Waals surface area contributed by atoms with Crippen molar-refractivity contribution in [3.63, 3.8) is 0 Å². The predicted octanol–water partition coefficient (Wildman–Crippen LogP) is 6.00. The van der Waals surface area contributed by atoms with E-state index in [9.17, 15) is 5.11 Å². The maximum absolute atomic E-state index is 12.0. The molecule has 2 aliphatic rings. The summed E-state index contributed by atoms with van der Waals surface area (Å²) < 4.78 is 0. The summed E-state index contributed by atoms with van der Waals surface area (Å²) in [6.45, 7) is 3.43. The minimum absolute atomic E-state index is 0.397. The van der Waals surface area contributed by atoms with Crippen LogP contribution >= 0.6 is 0 Å². The third-order valence-corrected chi connectivity index (χ3v) is 7.03. The monoisotopic (exact) mass is 377 g/mol. The van der Waals surface area contributed by atoms with Crippen LogP contribution in [0.1, 0.15) is 63.4 Å². The van der Waals surface area contributed by atoms with Crippen molar-refractivity contribution in [3.8, 4) is 11.1 Å². The number of hydrogen-bond donors (Lipinski definition) is 1. The van der Waals surface area contributed by atoms with E-state index in [2.05, 4.69) is 59.5 Å². The van der Waals surface area contributed by atoms with Gasteiger partial charge in [0.1, 0.15) is 0 Å². The molecule has 4 rings (SSSR count). The van der Waals surface area contributed by atoms with E-state index in [1.54, 1.807) is 0 Å². The van der Waals surface area contributed by atoms with Crippen LogP contribution in [-0.2, 0) is 5.60 Å². The second-order valence-corrected chi connectivity index (χ2v) is 8.85. The third-order valence-electron chi connectivity index (χ3n) is 7.03. The molecule has 2 heteroatoms. The zero-order chi connectivity index (χ0) is 19.2. The van der Waals surface area contributed by atoms with Crippen LogP contribution in [0.2, 0.25) is 0 Å². The maximum Gasteiger partial charge on any atom is 0.0936 e. The fourth-order valence-electron chi connectivity index (χ4n) is 5.26. The minimum Gasteiger partial charge on any atom is -0.385 e. The molecule has 1 N–H and O–H groups in total. The quantitative estimate of drug-likeness (QED) is 0.667. The van der Waals surface area contributed by atoms with Crippen molar-refractivity contribution >= 4 is 0 Å². The van der Waals surface area contributed by atoms with Crippen LogP contribution < -0.4 is 0 Å². The molecule has 0 amide bonds. The van der Waals surface area contributed by atoms with E-state index < -0.39 is 5.60 Å². The Morgan fingerprint density at radius 2 is 1.36 bits per heavy atom. The summed E-state index contributed by atoms with van der Waals surface area (Å²) in [6, 6.07) is 19.3. The fourth-order valence-corrected chi connectivity index (χ4v) is 5.26.